The first-order valence-corrected chi connectivity index (χ1v) is 36.0. The smallest absolute Gasteiger partial charge is 0.206 e. The second-order valence-electron chi connectivity index (χ2n) is 21.9. The molecule has 14 nitrogen and oxygen atoms in total. The number of hydrogen-bond donors (Lipinski definition) is 0. The van der Waals surface area contributed by atoms with Crippen molar-refractivity contribution in [3.05, 3.63) is 307 Å². The second kappa shape index (κ2) is 33.2. The molecule has 0 aliphatic heterocycles. The molecule has 11 aromatic carbocycles. The molecule has 95 heavy (non-hydrogen) atoms. The number of methoxy groups -OCH3 is 4. The molecule has 0 atom stereocenters. The molecule has 492 valence electrons. The van der Waals surface area contributed by atoms with E-state index in [9.17, 15) is 33.7 Å². The molecule has 0 saturated carbocycles. The van der Waals surface area contributed by atoms with Crippen molar-refractivity contribution in [3.8, 4) is 46.0 Å². The van der Waals surface area contributed by atoms with Crippen molar-refractivity contribution in [1.82, 2.24) is 0 Å². The standard InChI is InChI=1S/C29H28O4S.C26H22O6S2.C8H10O.C7H8O2S.C7H8O/c1-21-5-7-22(8-6-21)29(2,3)23-9-11-25(12-10-23)33-26-15-19-28(20-16-26)34(30,31)27-17-13-24(32-4)14-18-27;1-19-3-11-23(12-4-19)33(27,28)25-15-7-21(8-16-25)32-22-9-17-26(18-10-22)34(29,30)24-13-5-20(31-2)6-14-24;1-7-3-5-8(9-2)6-4-7;1-10(8,9)7-5-3-2-4-6-7;1-8-7-5-3-2-4-6-7/h5-20H,1-4H3;3-18H,1-2H3;3-6H,1-2H3;2-6H,1H3;2-6H,1H3. The lowest BCUT2D eigenvalue weighted by atomic mass is 9.78. The summed E-state index contributed by atoms with van der Waals surface area (Å²) in [4.78, 5) is 1.46. The van der Waals surface area contributed by atoms with Gasteiger partial charge in [0.2, 0.25) is 29.5 Å². The largest absolute Gasteiger partial charge is 0.497 e. The Morgan fingerprint density at radius 2 is 0.442 bits per heavy atom. The molecule has 11 rings (SSSR count). The number of benzene rings is 11. The summed E-state index contributed by atoms with van der Waals surface area (Å²) in [6.45, 7) is 10.4. The average Bonchev–Trinajstić information content (AvgIpc) is 0.832. The van der Waals surface area contributed by atoms with Gasteiger partial charge in [-0.15, -0.1) is 0 Å². The Hall–Kier alpha value is -9.98. The van der Waals surface area contributed by atoms with Crippen LogP contribution in [0.3, 0.4) is 0 Å². The Balaban J connectivity index is 0.000000193. The van der Waals surface area contributed by atoms with Gasteiger partial charge >= 0.3 is 0 Å². The lowest BCUT2D eigenvalue weighted by molar-refractivity contribution is 0.414. The van der Waals surface area contributed by atoms with Crippen molar-refractivity contribution in [3.63, 3.8) is 0 Å². The van der Waals surface area contributed by atoms with Crippen molar-refractivity contribution in [2.24, 2.45) is 0 Å². The van der Waals surface area contributed by atoms with E-state index >= 15 is 0 Å². The number of ether oxygens (including phenoxy) is 6. The first-order chi connectivity index (χ1) is 45.3. The Labute approximate surface area is 559 Å². The van der Waals surface area contributed by atoms with Gasteiger partial charge in [-0.3, -0.25) is 0 Å². The van der Waals surface area contributed by atoms with Crippen LogP contribution in [-0.2, 0) is 44.8 Å². The van der Waals surface area contributed by atoms with E-state index in [1.807, 2.05) is 73.7 Å². The highest BCUT2D eigenvalue weighted by Crippen LogP contribution is 2.35. The van der Waals surface area contributed by atoms with E-state index in [1.54, 1.807) is 149 Å². The molecule has 0 aliphatic carbocycles. The van der Waals surface area contributed by atoms with Gasteiger partial charge in [-0.1, -0.05) is 128 Å². The highest BCUT2D eigenvalue weighted by atomic mass is 32.2. The van der Waals surface area contributed by atoms with Crippen molar-refractivity contribution in [2.75, 3.05) is 34.7 Å². The summed E-state index contributed by atoms with van der Waals surface area (Å²) in [6, 6.07) is 80.3. The summed E-state index contributed by atoms with van der Waals surface area (Å²) in [7, 11) is -7.54. The third kappa shape index (κ3) is 20.5. The molecule has 0 spiro atoms. The number of para-hydroxylation sites is 1. The van der Waals surface area contributed by atoms with Crippen molar-refractivity contribution in [1.29, 1.82) is 0 Å². The monoisotopic (exact) mass is 1350 g/mol. The maximum absolute atomic E-state index is 12.9. The Kier molecular flexibility index (Phi) is 25.3. The van der Waals surface area contributed by atoms with Crippen molar-refractivity contribution < 1.29 is 62.1 Å². The minimum atomic E-state index is -3.68. The van der Waals surface area contributed by atoms with Crippen LogP contribution in [0.15, 0.2) is 313 Å². The highest BCUT2D eigenvalue weighted by Gasteiger charge is 2.24. The molecule has 0 aliphatic rings. The summed E-state index contributed by atoms with van der Waals surface area (Å²) in [5, 5.41) is 0. The number of sulfone groups is 4. The molecule has 0 amide bonds. The third-order valence-corrected chi connectivity index (χ3v) is 21.2. The van der Waals surface area contributed by atoms with Crippen LogP contribution in [-0.4, -0.2) is 68.4 Å². The van der Waals surface area contributed by atoms with Crippen LogP contribution in [0, 0.1) is 20.8 Å². The van der Waals surface area contributed by atoms with Gasteiger partial charge in [-0.25, -0.2) is 33.7 Å². The number of aryl methyl sites for hydroxylation is 3. The fraction of sp³-hybridized carbons (Fsp3) is 0.143. The molecular formula is C77H76O14S4. The van der Waals surface area contributed by atoms with E-state index in [0.29, 0.717) is 39.4 Å². The molecule has 0 unspecified atom stereocenters. The maximum Gasteiger partial charge on any atom is 0.206 e. The maximum atomic E-state index is 12.9. The second-order valence-corrected chi connectivity index (χ2v) is 29.8. The predicted molar refractivity (Wildman–Crippen MR) is 373 cm³/mol. The molecule has 0 fully saturated rings. The van der Waals surface area contributed by atoms with Crippen LogP contribution < -0.4 is 28.4 Å². The van der Waals surface area contributed by atoms with Gasteiger partial charge in [0, 0.05) is 11.7 Å². The summed E-state index contributed by atoms with van der Waals surface area (Å²) < 4.78 is 130. The lowest BCUT2D eigenvalue weighted by Crippen LogP contribution is -2.18. The van der Waals surface area contributed by atoms with Crippen LogP contribution in [0.2, 0.25) is 0 Å². The molecule has 0 bridgehead atoms. The molecule has 0 aromatic heterocycles. The van der Waals surface area contributed by atoms with E-state index in [2.05, 4.69) is 64.1 Å². The zero-order chi connectivity index (χ0) is 68.8. The molecular weight excluding hydrogens is 1280 g/mol. The van der Waals surface area contributed by atoms with E-state index in [-0.39, 0.29) is 34.8 Å². The van der Waals surface area contributed by atoms with E-state index in [0.717, 1.165) is 17.1 Å². The highest BCUT2D eigenvalue weighted by molar-refractivity contribution is 7.92. The van der Waals surface area contributed by atoms with Gasteiger partial charge in [0.1, 0.15) is 46.0 Å². The summed E-state index contributed by atoms with van der Waals surface area (Å²) >= 11 is 0. The number of hydrogen-bond acceptors (Lipinski definition) is 14. The van der Waals surface area contributed by atoms with Gasteiger partial charge < -0.3 is 28.4 Å². The fourth-order valence-corrected chi connectivity index (χ4v) is 13.4. The minimum absolute atomic E-state index is 0.129. The predicted octanol–water partition coefficient (Wildman–Crippen LogP) is 17.2. The van der Waals surface area contributed by atoms with Crippen LogP contribution >= 0.6 is 0 Å². The van der Waals surface area contributed by atoms with Crippen LogP contribution in [0.5, 0.6) is 46.0 Å². The average molecular weight is 1350 g/mol. The van der Waals surface area contributed by atoms with Gasteiger partial charge in [0.05, 0.1) is 62.7 Å². The quantitative estimate of drug-likeness (QED) is 0.0836. The zero-order valence-corrected chi connectivity index (χ0v) is 57.7. The fourth-order valence-electron chi connectivity index (χ4n) is 8.94. The molecule has 18 heteroatoms. The first-order valence-electron chi connectivity index (χ1n) is 29.7. The summed E-state index contributed by atoms with van der Waals surface area (Å²) in [5.74, 6) is 5.11. The van der Waals surface area contributed by atoms with E-state index in [4.69, 9.17) is 28.4 Å². The Morgan fingerprint density at radius 1 is 0.242 bits per heavy atom. The molecule has 0 heterocycles. The Morgan fingerprint density at radius 3 is 0.695 bits per heavy atom. The van der Waals surface area contributed by atoms with Crippen molar-refractivity contribution >= 4 is 39.3 Å². The van der Waals surface area contributed by atoms with Gasteiger partial charge in [0.25, 0.3) is 0 Å². The minimum Gasteiger partial charge on any atom is -0.497 e. The summed E-state index contributed by atoms with van der Waals surface area (Å²) in [6.07, 6.45) is 1.20. The molecule has 0 radical (unpaired) electrons. The van der Waals surface area contributed by atoms with Crippen LogP contribution in [0.4, 0.5) is 0 Å². The number of rotatable bonds is 17. The van der Waals surface area contributed by atoms with Crippen LogP contribution in [0.1, 0.15) is 41.7 Å². The topological polar surface area (TPSA) is 192 Å². The van der Waals surface area contributed by atoms with Gasteiger partial charge in [-0.2, -0.15) is 0 Å². The van der Waals surface area contributed by atoms with Crippen LogP contribution in [0.25, 0.3) is 0 Å². The van der Waals surface area contributed by atoms with Gasteiger partial charge in [-0.05, 0) is 214 Å². The SMILES string of the molecule is COc1ccc(C)cc1.COc1ccc(S(=O)(=O)c2ccc(Oc3ccc(C(C)(C)c4ccc(C)cc4)cc3)cc2)cc1.COc1ccc(S(=O)(=O)c2ccc(Oc3ccc(S(=O)(=O)c4ccc(C)cc4)cc3)cc2)cc1.COc1ccccc1.CS(=O)(=O)c1ccccc1. The molecule has 0 saturated heterocycles. The molecule has 11 aromatic rings. The van der Waals surface area contributed by atoms with Gasteiger partial charge in [0.15, 0.2) is 9.84 Å². The lowest BCUT2D eigenvalue weighted by Gasteiger charge is -2.26. The third-order valence-electron chi connectivity index (χ3n) is 14.7. The normalized spacial score (nSPS) is 11.2. The van der Waals surface area contributed by atoms with E-state index in [1.165, 1.54) is 84.2 Å². The first kappa shape index (κ1) is 72.4. The Bertz CT molecular complexity index is 4650. The van der Waals surface area contributed by atoms with E-state index < -0.39 is 39.3 Å². The molecule has 0 N–H and O–H groups in total. The zero-order valence-electron chi connectivity index (χ0n) is 54.4. The summed E-state index contributed by atoms with van der Waals surface area (Å²) in [5.41, 5.74) is 5.78. The van der Waals surface area contributed by atoms with Crippen molar-refractivity contribution in [2.45, 2.75) is 74.3 Å².